The molecular formula is C13H14Cl3NO3. The number of hydrogen-bond donors (Lipinski definition) is 1. The predicted molar refractivity (Wildman–Crippen MR) is 80.3 cm³/mol. The van der Waals surface area contributed by atoms with Crippen LogP contribution < -0.4 is 14.8 Å². The van der Waals surface area contributed by atoms with Gasteiger partial charge in [-0.15, -0.1) is 23.2 Å². The van der Waals surface area contributed by atoms with Crippen LogP contribution in [0.4, 0.5) is 5.69 Å². The van der Waals surface area contributed by atoms with E-state index < -0.39 is 9.75 Å². The smallest absolute Gasteiger partial charge is 0.233 e. The van der Waals surface area contributed by atoms with Gasteiger partial charge in [-0.3, -0.25) is 4.79 Å². The molecule has 0 bridgehead atoms. The summed E-state index contributed by atoms with van der Waals surface area (Å²) in [6.45, 7) is 1.71. The Kier molecular flexibility index (Phi) is 4.02. The van der Waals surface area contributed by atoms with Crippen molar-refractivity contribution in [1.82, 2.24) is 0 Å². The molecule has 0 aromatic heterocycles. The number of nitrogens with one attached hydrogen (secondary N) is 1. The molecule has 1 aromatic rings. The van der Waals surface area contributed by atoms with E-state index in [9.17, 15) is 4.79 Å². The summed E-state index contributed by atoms with van der Waals surface area (Å²) in [6.07, 6.45) is 0.404. The Morgan fingerprint density at radius 2 is 1.80 bits per heavy atom. The average Bonchev–Trinajstić information content (AvgIpc) is 2.90. The number of rotatable bonds is 4. The minimum atomic E-state index is -1.03. The third kappa shape index (κ3) is 2.52. The molecule has 0 aliphatic heterocycles. The van der Waals surface area contributed by atoms with Crippen LogP contribution in [-0.4, -0.2) is 24.5 Å². The molecule has 1 atom stereocenters. The van der Waals surface area contributed by atoms with E-state index in [1.165, 1.54) is 14.2 Å². The Morgan fingerprint density at radius 1 is 1.25 bits per heavy atom. The van der Waals surface area contributed by atoms with Gasteiger partial charge >= 0.3 is 0 Å². The fraction of sp³-hybridized carbons (Fsp3) is 0.462. The molecule has 1 aromatic carbocycles. The zero-order valence-corrected chi connectivity index (χ0v) is 13.5. The molecule has 1 aliphatic rings. The van der Waals surface area contributed by atoms with Crippen LogP contribution in [0, 0.1) is 5.41 Å². The molecule has 0 heterocycles. The van der Waals surface area contributed by atoms with Crippen molar-refractivity contribution in [1.29, 1.82) is 0 Å². The lowest BCUT2D eigenvalue weighted by atomic mass is 10.1. The minimum Gasteiger partial charge on any atom is -0.495 e. The summed E-state index contributed by atoms with van der Waals surface area (Å²) in [6, 6.07) is 3.16. The Morgan fingerprint density at radius 3 is 2.25 bits per heavy atom. The van der Waals surface area contributed by atoms with Crippen LogP contribution in [-0.2, 0) is 4.79 Å². The van der Waals surface area contributed by atoms with Crippen molar-refractivity contribution in [2.75, 3.05) is 19.5 Å². The number of benzene rings is 1. The number of alkyl halides is 2. The zero-order valence-electron chi connectivity index (χ0n) is 11.2. The van der Waals surface area contributed by atoms with Crippen LogP contribution in [0.15, 0.2) is 12.1 Å². The van der Waals surface area contributed by atoms with Gasteiger partial charge in [0.2, 0.25) is 5.91 Å². The second-order valence-corrected chi connectivity index (χ2v) is 6.75. The van der Waals surface area contributed by atoms with Crippen molar-refractivity contribution in [2.45, 2.75) is 17.7 Å². The highest BCUT2D eigenvalue weighted by Gasteiger charge is 2.67. The van der Waals surface area contributed by atoms with Crippen molar-refractivity contribution in [3.63, 3.8) is 0 Å². The van der Waals surface area contributed by atoms with Crippen molar-refractivity contribution >= 4 is 46.4 Å². The Balaban J connectivity index is 2.26. The average molecular weight is 339 g/mol. The second kappa shape index (κ2) is 5.17. The van der Waals surface area contributed by atoms with Gasteiger partial charge in [-0.05, 0) is 19.4 Å². The Bertz CT molecular complexity index is 562. The molecule has 20 heavy (non-hydrogen) atoms. The standard InChI is InChI=1S/C13H14Cl3NO3/c1-12(6-13(12,15)16)11(18)17-8-4-7(14)9(19-2)5-10(8)20-3/h4-5H,6H2,1-3H3,(H,17,18). The summed E-state index contributed by atoms with van der Waals surface area (Å²) >= 11 is 18.0. The van der Waals surface area contributed by atoms with Gasteiger partial charge in [0.05, 0.1) is 30.3 Å². The number of anilines is 1. The van der Waals surface area contributed by atoms with Gasteiger partial charge in [0.1, 0.15) is 15.8 Å². The second-order valence-electron chi connectivity index (χ2n) is 4.85. The van der Waals surface area contributed by atoms with E-state index >= 15 is 0 Å². The van der Waals surface area contributed by atoms with Gasteiger partial charge in [0.15, 0.2) is 0 Å². The summed E-state index contributed by atoms with van der Waals surface area (Å²) in [5, 5.41) is 3.11. The summed E-state index contributed by atoms with van der Waals surface area (Å²) in [5.74, 6) is 0.629. The van der Waals surface area contributed by atoms with Gasteiger partial charge in [-0.1, -0.05) is 11.6 Å². The van der Waals surface area contributed by atoms with E-state index in [2.05, 4.69) is 5.32 Å². The third-order valence-corrected chi connectivity index (χ3v) is 4.88. The lowest BCUT2D eigenvalue weighted by molar-refractivity contribution is -0.120. The minimum absolute atomic E-state index is 0.276. The van der Waals surface area contributed by atoms with Crippen molar-refractivity contribution in [3.8, 4) is 11.5 Å². The molecule has 1 amide bonds. The van der Waals surface area contributed by atoms with Gasteiger partial charge in [-0.25, -0.2) is 0 Å². The molecular weight excluding hydrogens is 325 g/mol. The summed E-state index contributed by atoms with van der Waals surface area (Å²) in [7, 11) is 2.99. The first-order chi connectivity index (χ1) is 9.25. The first-order valence-corrected chi connectivity index (χ1v) is 6.99. The topological polar surface area (TPSA) is 47.6 Å². The number of halogens is 3. The lowest BCUT2D eigenvalue weighted by Crippen LogP contribution is -2.26. The van der Waals surface area contributed by atoms with Gasteiger partial charge in [0.25, 0.3) is 0 Å². The highest BCUT2D eigenvalue weighted by molar-refractivity contribution is 6.53. The maximum absolute atomic E-state index is 12.2. The van der Waals surface area contributed by atoms with Crippen LogP contribution >= 0.6 is 34.8 Å². The van der Waals surface area contributed by atoms with E-state index in [4.69, 9.17) is 44.3 Å². The van der Waals surface area contributed by atoms with Crippen molar-refractivity contribution in [3.05, 3.63) is 17.2 Å². The van der Waals surface area contributed by atoms with Crippen molar-refractivity contribution in [2.24, 2.45) is 5.41 Å². The van der Waals surface area contributed by atoms with Crippen molar-refractivity contribution < 1.29 is 14.3 Å². The highest BCUT2D eigenvalue weighted by atomic mass is 35.5. The first-order valence-electron chi connectivity index (χ1n) is 5.86. The number of carbonyl (C=O) groups is 1. The van der Waals surface area contributed by atoms with E-state index in [0.717, 1.165) is 0 Å². The molecule has 0 saturated heterocycles. The van der Waals surface area contributed by atoms with Crippen LogP contribution in [0.3, 0.4) is 0 Å². The number of methoxy groups -OCH3 is 2. The van der Waals surface area contributed by atoms with Gasteiger partial charge < -0.3 is 14.8 Å². The highest BCUT2D eigenvalue weighted by Crippen LogP contribution is 2.64. The number of ether oxygens (including phenoxy) is 2. The van der Waals surface area contributed by atoms with Crippen LogP contribution in [0.25, 0.3) is 0 Å². The SMILES string of the molecule is COc1cc(OC)c(NC(=O)C2(C)CC2(Cl)Cl)cc1Cl. The predicted octanol–water partition coefficient (Wildman–Crippen LogP) is 3.88. The first kappa shape index (κ1) is 15.5. The van der Waals surface area contributed by atoms with E-state index in [1.54, 1.807) is 19.1 Å². The molecule has 0 radical (unpaired) electrons. The van der Waals surface area contributed by atoms with E-state index in [-0.39, 0.29) is 5.91 Å². The quantitative estimate of drug-likeness (QED) is 0.848. The number of amides is 1. The fourth-order valence-electron chi connectivity index (χ4n) is 1.86. The van der Waals surface area contributed by atoms with Crippen LogP contribution in [0.5, 0.6) is 11.5 Å². The maximum Gasteiger partial charge on any atom is 0.233 e. The van der Waals surface area contributed by atoms with Gasteiger partial charge in [-0.2, -0.15) is 0 Å². The molecule has 2 rings (SSSR count). The van der Waals surface area contributed by atoms with Gasteiger partial charge in [0, 0.05) is 6.07 Å². The fourth-order valence-corrected chi connectivity index (χ4v) is 2.81. The number of hydrogen-bond acceptors (Lipinski definition) is 3. The molecule has 4 nitrogen and oxygen atoms in total. The molecule has 0 spiro atoms. The third-order valence-electron chi connectivity index (χ3n) is 3.48. The molecule has 1 fully saturated rings. The van der Waals surface area contributed by atoms with Crippen LogP contribution in [0.1, 0.15) is 13.3 Å². The maximum atomic E-state index is 12.2. The van der Waals surface area contributed by atoms with E-state index in [1.807, 2.05) is 0 Å². The summed E-state index contributed by atoms with van der Waals surface area (Å²) in [4.78, 5) is 12.2. The molecule has 110 valence electrons. The molecule has 1 N–H and O–H groups in total. The molecule has 1 saturated carbocycles. The summed E-state index contributed by atoms with van der Waals surface area (Å²) in [5.41, 5.74) is -0.367. The largest absolute Gasteiger partial charge is 0.495 e. The Hall–Kier alpha value is -0.840. The number of carbonyl (C=O) groups excluding carboxylic acids is 1. The molecule has 1 aliphatic carbocycles. The monoisotopic (exact) mass is 337 g/mol. The Labute approximate surface area is 132 Å². The zero-order chi connectivity index (χ0) is 15.1. The lowest BCUT2D eigenvalue weighted by Gasteiger charge is -2.16. The summed E-state index contributed by atoms with van der Waals surface area (Å²) < 4.78 is 9.28. The van der Waals surface area contributed by atoms with E-state index in [0.29, 0.717) is 28.6 Å². The van der Waals surface area contributed by atoms with Crippen LogP contribution in [0.2, 0.25) is 5.02 Å². The molecule has 7 heteroatoms. The normalized spacial score (nSPS) is 23.1. The molecule has 1 unspecified atom stereocenters.